The molecule has 1 aliphatic rings. The summed E-state index contributed by atoms with van der Waals surface area (Å²) in [4.78, 5) is 31.1. The Morgan fingerprint density at radius 3 is 2.34 bits per heavy atom. The van der Waals surface area contributed by atoms with Gasteiger partial charge in [0.25, 0.3) is 5.91 Å². The zero-order valence-corrected chi connectivity index (χ0v) is 18.7. The zero-order chi connectivity index (χ0) is 22.9. The zero-order valence-electron chi connectivity index (χ0n) is 17.9. The van der Waals surface area contributed by atoms with E-state index in [1.165, 1.54) is 23.9 Å². The Morgan fingerprint density at radius 1 is 1.03 bits per heavy atom. The SMILES string of the molecule is CC(C)(C)N1C(=O)/C(=C/c2ccc(-c3ccc(C(=O)O)cc3)o2)SC1=Nc1ccccc1. The van der Waals surface area contributed by atoms with Crippen LogP contribution >= 0.6 is 11.8 Å². The number of hydrogen-bond acceptors (Lipinski definition) is 5. The number of amides is 1. The van der Waals surface area contributed by atoms with Gasteiger partial charge in [-0.15, -0.1) is 0 Å². The summed E-state index contributed by atoms with van der Waals surface area (Å²) in [5.74, 6) is 0.0265. The molecule has 162 valence electrons. The molecule has 32 heavy (non-hydrogen) atoms. The molecule has 1 amide bonds. The molecule has 1 saturated heterocycles. The predicted octanol–water partition coefficient (Wildman–Crippen LogP) is 6.05. The maximum Gasteiger partial charge on any atom is 0.335 e. The Balaban J connectivity index is 1.63. The Bertz CT molecular complexity index is 1220. The van der Waals surface area contributed by atoms with Crippen LogP contribution in [0.4, 0.5) is 5.69 Å². The third-order valence-corrected chi connectivity index (χ3v) is 5.74. The number of carbonyl (C=O) groups excluding carboxylic acids is 1. The standard InChI is InChI=1S/C25H22N2O4S/c1-25(2,3)27-22(28)21(32-24(27)26-18-7-5-4-6-8-18)15-19-13-14-20(31-19)16-9-11-17(12-10-16)23(29)30/h4-15H,1-3H3,(H,29,30)/b21-15-,26-24?. The molecule has 0 saturated carbocycles. The van der Waals surface area contributed by atoms with E-state index in [0.29, 0.717) is 21.6 Å². The average Bonchev–Trinajstić information content (AvgIpc) is 3.33. The van der Waals surface area contributed by atoms with E-state index in [1.807, 2.05) is 51.1 Å². The molecule has 3 aromatic rings. The maximum absolute atomic E-state index is 13.2. The highest BCUT2D eigenvalue weighted by Crippen LogP contribution is 2.38. The first kappa shape index (κ1) is 21.6. The number of hydrogen-bond donors (Lipinski definition) is 1. The van der Waals surface area contributed by atoms with Gasteiger partial charge in [0.1, 0.15) is 11.5 Å². The van der Waals surface area contributed by atoms with Crippen molar-refractivity contribution in [3.05, 3.63) is 83.0 Å². The third-order valence-electron chi connectivity index (χ3n) is 4.77. The molecule has 7 heteroatoms. The van der Waals surface area contributed by atoms with Gasteiger partial charge in [0, 0.05) is 17.2 Å². The monoisotopic (exact) mass is 446 g/mol. The van der Waals surface area contributed by atoms with Gasteiger partial charge >= 0.3 is 5.97 Å². The molecular weight excluding hydrogens is 424 g/mol. The number of aliphatic imine (C=N–C) groups is 1. The molecule has 2 heterocycles. The second-order valence-electron chi connectivity index (χ2n) is 8.24. The lowest BCUT2D eigenvalue weighted by Crippen LogP contribution is -2.44. The minimum absolute atomic E-state index is 0.124. The summed E-state index contributed by atoms with van der Waals surface area (Å²) in [6.07, 6.45) is 1.72. The number of aromatic carboxylic acids is 1. The van der Waals surface area contributed by atoms with Crippen LogP contribution in [-0.2, 0) is 4.79 Å². The first-order valence-corrected chi connectivity index (χ1v) is 10.9. The summed E-state index contributed by atoms with van der Waals surface area (Å²) >= 11 is 1.32. The number of carbonyl (C=O) groups is 2. The normalized spacial score (nSPS) is 16.8. The Kier molecular flexibility index (Phi) is 5.76. The summed E-state index contributed by atoms with van der Waals surface area (Å²) in [5, 5.41) is 9.67. The largest absolute Gasteiger partial charge is 0.478 e. The Morgan fingerprint density at radius 2 is 1.72 bits per heavy atom. The van der Waals surface area contributed by atoms with E-state index < -0.39 is 11.5 Å². The van der Waals surface area contributed by atoms with Gasteiger partial charge in [-0.05, 0) is 68.9 Å². The summed E-state index contributed by atoms with van der Waals surface area (Å²) in [6.45, 7) is 5.92. The molecule has 0 spiro atoms. The number of furan rings is 1. The fraction of sp³-hybridized carbons (Fsp3) is 0.160. The van der Waals surface area contributed by atoms with E-state index in [2.05, 4.69) is 4.99 Å². The van der Waals surface area contributed by atoms with Crippen LogP contribution in [-0.4, -0.2) is 32.6 Å². The Labute approximate surface area is 190 Å². The number of amidine groups is 1. The second-order valence-corrected chi connectivity index (χ2v) is 9.25. The maximum atomic E-state index is 13.2. The quantitative estimate of drug-likeness (QED) is 0.494. The van der Waals surface area contributed by atoms with E-state index in [-0.39, 0.29) is 11.5 Å². The van der Waals surface area contributed by atoms with Crippen molar-refractivity contribution >= 4 is 40.6 Å². The summed E-state index contributed by atoms with van der Waals surface area (Å²) in [5.41, 5.74) is 1.31. The number of benzene rings is 2. The highest BCUT2D eigenvalue weighted by atomic mass is 32.2. The number of carboxylic acids is 1. The van der Waals surface area contributed by atoms with Crippen molar-refractivity contribution in [1.29, 1.82) is 0 Å². The van der Waals surface area contributed by atoms with Crippen molar-refractivity contribution in [3.8, 4) is 11.3 Å². The van der Waals surface area contributed by atoms with Gasteiger partial charge in [0.2, 0.25) is 0 Å². The van der Waals surface area contributed by atoms with Crippen LogP contribution in [0.15, 0.2) is 81.0 Å². The molecule has 1 N–H and O–H groups in total. The van der Waals surface area contributed by atoms with Crippen molar-refractivity contribution in [2.75, 3.05) is 0 Å². The van der Waals surface area contributed by atoms with Gasteiger partial charge in [-0.25, -0.2) is 9.79 Å². The molecule has 1 aliphatic heterocycles. The van der Waals surface area contributed by atoms with Crippen LogP contribution in [0.2, 0.25) is 0 Å². The number of rotatable bonds is 4. The van der Waals surface area contributed by atoms with E-state index in [1.54, 1.807) is 35.2 Å². The minimum atomic E-state index is -0.977. The minimum Gasteiger partial charge on any atom is -0.478 e. The molecular formula is C25H22N2O4S. The topological polar surface area (TPSA) is 83.1 Å². The van der Waals surface area contributed by atoms with E-state index in [4.69, 9.17) is 9.52 Å². The van der Waals surface area contributed by atoms with Crippen LogP contribution in [0.1, 0.15) is 36.9 Å². The van der Waals surface area contributed by atoms with Crippen LogP contribution in [0.5, 0.6) is 0 Å². The number of thioether (sulfide) groups is 1. The first-order valence-electron chi connectivity index (χ1n) is 10.0. The third kappa shape index (κ3) is 4.53. The van der Waals surface area contributed by atoms with E-state index >= 15 is 0 Å². The summed E-state index contributed by atoms with van der Waals surface area (Å²) in [6, 6.07) is 19.6. The van der Waals surface area contributed by atoms with Gasteiger partial charge in [-0.3, -0.25) is 9.69 Å². The highest BCUT2D eigenvalue weighted by Gasteiger charge is 2.40. The van der Waals surface area contributed by atoms with Crippen molar-refractivity contribution in [1.82, 2.24) is 4.90 Å². The lowest BCUT2D eigenvalue weighted by Gasteiger charge is -2.30. The highest BCUT2D eigenvalue weighted by molar-refractivity contribution is 8.18. The summed E-state index contributed by atoms with van der Waals surface area (Å²) in [7, 11) is 0. The molecule has 0 atom stereocenters. The lowest BCUT2D eigenvalue weighted by atomic mass is 10.1. The van der Waals surface area contributed by atoms with Crippen molar-refractivity contribution in [3.63, 3.8) is 0 Å². The molecule has 4 rings (SSSR count). The fourth-order valence-electron chi connectivity index (χ4n) is 3.25. The van der Waals surface area contributed by atoms with Gasteiger partial charge in [-0.1, -0.05) is 30.3 Å². The molecule has 0 bridgehead atoms. The van der Waals surface area contributed by atoms with Crippen LogP contribution in [0.3, 0.4) is 0 Å². The molecule has 1 aromatic heterocycles. The summed E-state index contributed by atoms with van der Waals surface area (Å²) < 4.78 is 5.91. The molecule has 0 unspecified atom stereocenters. The molecule has 2 aromatic carbocycles. The second kappa shape index (κ2) is 8.51. The van der Waals surface area contributed by atoms with Gasteiger partial charge in [0.05, 0.1) is 16.2 Å². The molecule has 0 radical (unpaired) electrons. The number of carboxylic acid groups (broad SMARTS) is 1. The first-order chi connectivity index (χ1) is 15.2. The van der Waals surface area contributed by atoms with E-state index in [9.17, 15) is 9.59 Å². The molecule has 6 nitrogen and oxygen atoms in total. The van der Waals surface area contributed by atoms with Gasteiger partial charge in [-0.2, -0.15) is 0 Å². The number of para-hydroxylation sites is 1. The van der Waals surface area contributed by atoms with E-state index in [0.717, 1.165) is 11.3 Å². The lowest BCUT2D eigenvalue weighted by molar-refractivity contribution is -0.125. The molecule has 0 aliphatic carbocycles. The van der Waals surface area contributed by atoms with Crippen LogP contribution in [0, 0.1) is 0 Å². The van der Waals surface area contributed by atoms with Gasteiger partial charge in [0.15, 0.2) is 5.17 Å². The predicted molar refractivity (Wildman–Crippen MR) is 127 cm³/mol. The van der Waals surface area contributed by atoms with Crippen LogP contribution in [0.25, 0.3) is 17.4 Å². The fourth-order valence-corrected chi connectivity index (χ4v) is 4.39. The van der Waals surface area contributed by atoms with Crippen molar-refractivity contribution in [2.45, 2.75) is 26.3 Å². The Hall–Kier alpha value is -3.58. The van der Waals surface area contributed by atoms with Crippen molar-refractivity contribution < 1.29 is 19.1 Å². The number of nitrogens with zero attached hydrogens (tertiary/aromatic N) is 2. The van der Waals surface area contributed by atoms with Crippen molar-refractivity contribution in [2.24, 2.45) is 4.99 Å². The molecule has 1 fully saturated rings. The smallest absolute Gasteiger partial charge is 0.335 e. The van der Waals surface area contributed by atoms with Crippen LogP contribution < -0.4 is 0 Å². The van der Waals surface area contributed by atoms with Gasteiger partial charge < -0.3 is 9.52 Å². The average molecular weight is 447 g/mol.